The lowest BCUT2D eigenvalue weighted by atomic mass is 10.1. The molecule has 2 aliphatic heterocycles. The molecule has 5 N–H and O–H groups in total. The zero-order chi connectivity index (χ0) is 27.8. The van der Waals surface area contributed by atoms with E-state index in [9.17, 15) is 39.1 Å². The van der Waals surface area contributed by atoms with Gasteiger partial charge in [0.2, 0.25) is 0 Å². The Labute approximate surface area is 217 Å². The van der Waals surface area contributed by atoms with E-state index in [4.69, 9.17) is 23.3 Å². The highest BCUT2D eigenvalue weighted by atomic mass is 32.7. The summed E-state index contributed by atoms with van der Waals surface area (Å²) in [5, 5.41) is 30.5. The molecular weight excluding hydrogens is 555 g/mol. The third-order valence-corrected chi connectivity index (χ3v) is 7.60. The summed E-state index contributed by atoms with van der Waals surface area (Å²) in [6.07, 6.45) is -8.39. The molecule has 210 valence electrons. The van der Waals surface area contributed by atoms with Crippen LogP contribution in [-0.2, 0) is 27.8 Å². The average Bonchev–Trinajstić information content (AvgIpc) is 3.34. The monoisotopic (exact) mass is 580 g/mol. The van der Waals surface area contributed by atoms with E-state index >= 15 is 0 Å². The molecule has 9 atom stereocenters. The van der Waals surface area contributed by atoms with Crippen molar-refractivity contribution in [2.45, 2.75) is 49.1 Å². The van der Waals surface area contributed by atoms with Gasteiger partial charge in [-0.2, -0.15) is 0 Å². The van der Waals surface area contributed by atoms with Crippen molar-refractivity contribution >= 4 is 19.0 Å². The fourth-order valence-corrected chi connectivity index (χ4v) is 5.65. The fourth-order valence-electron chi connectivity index (χ4n) is 4.16. The van der Waals surface area contributed by atoms with E-state index in [0.29, 0.717) is 0 Å². The van der Waals surface area contributed by atoms with Crippen molar-refractivity contribution < 1.29 is 43.1 Å². The molecule has 0 saturated carbocycles. The number of H-pyrrole nitrogens is 2. The number of thiol groups is 1. The van der Waals surface area contributed by atoms with E-state index in [1.165, 1.54) is 7.11 Å². The molecule has 0 aromatic carbocycles. The number of aliphatic hydroxyl groups excluding tert-OH is 3. The molecule has 4 rings (SSSR count). The summed E-state index contributed by atoms with van der Waals surface area (Å²) < 4.78 is 42.1. The lowest BCUT2D eigenvalue weighted by Gasteiger charge is -2.26. The standard InChI is InChI=1S/C19H25N4O13PS/c1-32-15-14(8(6-24)34-17(15)23-5-3-11(26)21-19(23)30)36-37(31,38)33-7-9-12(27)13(28)16(35-9)22-4-2-10(25)20-18(22)29/h2-5,8-9,12-17,24,27-28H,6-7H2,1H3,(H,31,38)(H,20,25,29)(H,21,26,30)/t8-,9-,12?,13+,14?,15+,16-,17-,37+/m1/s1. The first-order valence-electron chi connectivity index (χ1n) is 11.0. The quantitative estimate of drug-likeness (QED) is 0.129. The Morgan fingerprint density at radius 1 is 0.947 bits per heavy atom. The minimum Gasteiger partial charge on any atom is -0.394 e. The molecule has 0 radical (unpaired) electrons. The molecule has 4 heterocycles. The molecular formula is C19H25N4O13PS. The number of nitrogens with one attached hydrogen (secondary N) is 2. The van der Waals surface area contributed by atoms with Crippen molar-refractivity contribution in [3.05, 3.63) is 66.2 Å². The highest BCUT2D eigenvalue weighted by molar-refractivity contribution is 8.44. The number of hydrogen-bond acceptors (Lipinski definition) is 13. The lowest BCUT2D eigenvalue weighted by molar-refractivity contribution is -0.0625. The second-order valence-electron chi connectivity index (χ2n) is 8.36. The SMILES string of the molecule is CO[C@H]1C(O[P@@](=O)(S)OC[C@H]2O[C@@H](n3ccc(=O)[nH]c3=O)[C@@H](O)C2O)[C@@H](CO)O[C@H]1n1ccc(=O)[nH]c1=O. The van der Waals surface area contributed by atoms with Crippen LogP contribution in [0.2, 0.25) is 0 Å². The van der Waals surface area contributed by atoms with Crippen molar-refractivity contribution in [1.29, 1.82) is 0 Å². The molecule has 0 spiro atoms. The highest BCUT2D eigenvalue weighted by Gasteiger charge is 2.50. The molecule has 19 heteroatoms. The van der Waals surface area contributed by atoms with Crippen LogP contribution in [0, 0.1) is 0 Å². The van der Waals surface area contributed by atoms with Gasteiger partial charge < -0.3 is 29.5 Å². The van der Waals surface area contributed by atoms with Crippen LogP contribution in [0.15, 0.2) is 43.7 Å². The predicted molar refractivity (Wildman–Crippen MR) is 128 cm³/mol. The summed E-state index contributed by atoms with van der Waals surface area (Å²) in [4.78, 5) is 51.0. The van der Waals surface area contributed by atoms with Gasteiger partial charge in [-0.05, 0) is 0 Å². The van der Waals surface area contributed by atoms with Gasteiger partial charge in [0.25, 0.3) is 11.1 Å². The van der Waals surface area contributed by atoms with Crippen molar-refractivity contribution in [3.63, 3.8) is 0 Å². The third kappa shape index (κ3) is 5.79. The summed E-state index contributed by atoms with van der Waals surface area (Å²) in [7, 11) is 1.25. The highest BCUT2D eigenvalue weighted by Crippen LogP contribution is 2.56. The molecule has 2 aliphatic rings. The van der Waals surface area contributed by atoms with E-state index in [1.807, 2.05) is 4.98 Å². The topological polar surface area (TPSA) is 234 Å². The Kier molecular flexibility index (Phi) is 8.58. The first kappa shape index (κ1) is 28.6. The van der Waals surface area contributed by atoms with E-state index in [2.05, 4.69) is 17.2 Å². The van der Waals surface area contributed by atoms with Crippen LogP contribution < -0.4 is 22.5 Å². The van der Waals surface area contributed by atoms with E-state index in [1.54, 1.807) is 0 Å². The number of hydrogen-bond donors (Lipinski definition) is 6. The maximum atomic E-state index is 13.1. The van der Waals surface area contributed by atoms with Gasteiger partial charge in [0.15, 0.2) is 12.5 Å². The van der Waals surface area contributed by atoms with Crippen molar-refractivity contribution in [1.82, 2.24) is 19.1 Å². The largest absolute Gasteiger partial charge is 0.394 e. The van der Waals surface area contributed by atoms with Crippen LogP contribution in [0.4, 0.5) is 0 Å². The van der Waals surface area contributed by atoms with Crippen LogP contribution in [0.5, 0.6) is 0 Å². The number of nitrogens with zero attached hydrogens (tertiary/aromatic N) is 2. The maximum absolute atomic E-state index is 13.1. The van der Waals surface area contributed by atoms with Gasteiger partial charge in [0, 0.05) is 31.6 Å². The first-order valence-corrected chi connectivity index (χ1v) is 13.7. The predicted octanol–water partition coefficient (Wildman–Crippen LogP) is -2.95. The number of ether oxygens (including phenoxy) is 3. The summed E-state index contributed by atoms with van der Waals surface area (Å²) in [5.74, 6) is 0. The number of aromatic amines is 2. The van der Waals surface area contributed by atoms with Crippen LogP contribution in [0.1, 0.15) is 12.5 Å². The number of aromatic nitrogens is 4. The molecule has 0 bridgehead atoms. The molecule has 2 fully saturated rings. The molecule has 38 heavy (non-hydrogen) atoms. The van der Waals surface area contributed by atoms with Gasteiger partial charge in [0.05, 0.1) is 13.2 Å². The Morgan fingerprint density at radius 2 is 1.50 bits per heavy atom. The molecule has 0 amide bonds. The minimum absolute atomic E-state index is 0.620. The van der Waals surface area contributed by atoms with Gasteiger partial charge in [-0.1, -0.05) is 12.2 Å². The van der Waals surface area contributed by atoms with Crippen molar-refractivity contribution in [2.24, 2.45) is 0 Å². The summed E-state index contributed by atoms with van der Waals surface area (Å²) in [6, 6.07) is 2.09. The van der Waals surface area contributed by atoms with Crippen molar-refractivity contribution in [3.8, 4) is 0 Å². The number of rotatable bonds is 9. The zero-order valence-electron chi connectivity index (χ0n) is 19.6. The summed E-state index contributed by atoms with van der Waals surface area (Å²) in [5.41, 5.74) is -3.04. The van der Waals surface area contributed by atoms with Gasteiger partial charge >= 0.3 is 18.2 Å². The average molecular weight is 580 g/mol. The van der Waals surface area contributed by atoms with Gasteiger partial charge in [-0.15, -0.1) is 0 Å². The maximum Gasteiger partial charge on any atom is 0.386 e. The van der Waals surface area contributed by atoms with Crippen LogP contribution in [0.3, 0.4) is 0 Å². The van der Waals surface area contributed by atoms with E-state index in [-0.39, 0.29) is 0 Å². The molecule has 17 nitrogen and oxygen atoms in total. The Hall–Kier alpha value is -2.38. The Bertz CT molecular complexity index is 1420. The summed E-state index contributed by atoms with van der Waals surface area (Å²) >= 11 is 3.92. The molecule has 2 saturated heterocycles. The van der Waals surface area contributed by atoms with Gasteiger partial charge in [0.1, 0.15) is 36.6 Å². The zero-order valence-corrected chi connectivity index (χ0v) is 21.3. The van der Waals surface area contributed by atoms with E-state index in [0.717, 1.165) is 33.7 Å². The van der Waals surface area contributed by atoms with Crippen LogP contribution in [0.25, 0.3) is 0 Å². The second kappa shape index (κ2) is 11.4. The number of methoxy groups -OCH3 is 1. The fraction of sp³-hybridized carbons (Fsp3) is 0.579. The lowest BCUT2D eigenvalue weighted by Crippen LogP contribution is -2.39. The molecule has 2 unspecified atom stereocenters. The van der Waals surface area contributed by atoms with Gasteiger partial charge in [-0.25, -0.2) is 14.2 Å². The normalized spacial score (nSPS) is 32.9. The molecule has 2 aromatic rings. The number of aliphatic hydroxyl groups is 3. The van der Waals surface area contributed by atoms with Crippen molar-refractivity contribution in [2.75, 3.05) is 20.3 Å². The summed E-state index contributed by atoms with van der Waals surface area (Å²) in [6.45, 7) is -5.56. The smallest absolute Gasteiger partial charge is 0.386 e. The minimum atomic E-state index is -4.30. The Morgan fingerprint density at radius 3 is 2.03 bits per heavy atom. The van der Waals surface area contributed by atoms with Crippen LogP contribution >= 0.6 is 19.0 Å². The molecule has 0 aliphatic carbocycles. The molecule has 2 aromatic heterocycles. The second-order valence-corrected chi connectivity index (χ2v) is 11.2. The first-order chi connectivity index (χ1) is 18.0. The third-order valence-electron chi connectivity index (χ3n) is 5.98. The van der Waals surface area contributed by atoms with Crippen LogP contribution in [-0.4, -0.2) is 91.4 Å². The Balaban J connectivity index is 1.46. The van der Waals surface area contributed by atoms with Gasteiger partial charge in [-0.3, -0.25) is 37.7 Å². The van der Waals surface area contributed by atoms with E-state index < -0.39 is 91.6 Å².